The Labute approximate surface area is 227 Å². The van der Waals surface area contributed by atoms with E-state index in [0.717, 1.165) is 0 Å². The fourth-order valence-corrected chi connectivity index (χ4v) is 4.43. The number of nitriles is 1. The van der Waals surface area contributed by atoms with Gasteiger partial charge in [-0.1, -0.05) is 35.3 Å². The van der Waals surface area contributed by atoms with Gasteiger partial charge in [-0.15, -0.1) is 0 Å². The third kappa shape index (κ3) is 6.82. The van der Waals surface area contributed by atoms with E-state index in [9.17, 15) is 14.9 Å². The maximum Gasteiger partial charge on any atom is 0.407 e. The summed E-state index contributed by atoms with van der Waals surface area (Å²) < 4.78 is 10.6. The van der Waals surface area contributed by atoms with Crippen molar-refractivity contribution in [1.29, 1.82) is 5.26 Å². The number of halogens is 2. The van der Waals surface area contributed by atoms with E-state index in [1.165, 1.54) is 0 Å². The summed E-state index contributed by atoms with van der Waals surface area (Å²) in [6.45, 7) is 10.0. The van der Waals surface area contributed by atoms with Gasteiger partial charge in [-0.05, 0) is 53.5 Å². The van der Waals surface area contributed by atoms with Crippen molar-refractivity contribution in [2.45, 2.75) is 53.1 Å². The van der Waals surface area contributed by atoms with Crippen LogP contribution in [0.2, 0.25) is 10.0 Å². The van der Waals surface area contributed by atoms with Crippen LogP contribution in [0.15, 0.2) is 18.2 Å². The van der Waals surface area contributed by atoms with E-state index in [0.29, 0.717) is 58.7 Å². The first-order valence-electron chi connectivity index (χ1n) is 12.0. The third-order valence-electron chi connectivity index (χ3n) is 5.95. The van der Waals surface area contributed by atoms with Gasteiger partial charge in [0, 0.05) is 25.2 Å². The Morgan fingerprint density at radius 2 is 1.89 bits per heavy atom. The predicted octanol–water partition coefficient (Wildman–Crippen LogP) is 5.57. The molecule has 1 aromatic carbocycles. The van der Waals surface area contributed by atoms with Crippen LogP contribution in [0.1, 0.15) is 56.7 Å². The zero-order valence-corrected chi connectivity index (χ0v) is 23.2. The van der Waals surface area contributed by atoms with Gasteiger partial charge in [0.15, 0.2) is 11.5 Å². The van der Waals surface area contributed by atoms with Gasteiger partial charge < -0.3 is 19.7 Å². The number of benzene rings is 1. The number of hydrogen-bond acceptors (Lipinski definition) is 8. The lowest BCUT2D eigenvalue weighted by molar-refractivity contribution is 0.0498. The molecule has 198 valence electrons. The monoisotopic (exact) mass is 547 g/mol. The topological polar surface area (TPSA) is 117 Å². The van der Waals surface area contributed by atoms with E-state index < -0.39 is 23.1 Å². The summed E-state index contributed by atoms with van der Waals surface area (Å²) in [5.74, 6) is -0.224. The second-order valence-electron chi connectivity index (χ2n) is 9.89. The van der Waals surface area contributed by atoms with Crippen molar-refractivity contribution < 1.29 is 19.1 Å². The van der Waals surface area contributed by atoms with Gasteiger partial charge in [0.2, 0.25) is 0 Å². The number of aryl methyl sites for hydroxylation is 1. The summed E-state index contributed by atoms with van der Waals surface area (Å²) in [6.07, 6.45) is 0.333. The number of piperidine rings is 1. The standard InChI is InChI=1S/C26H31Cl2N5O4/c1-6-36-23(34)21-22(31-16(2)20(32-21)17-8-7-9-18(27)19(17)28)33-12-10-26(14-29,11-13-33)15-30-24(35)37-25(3,4)5/h7-9H,6,10-13,15H2,1-5H3,(H,30,35). The number of ether oxygens (including phenoxy) is 2. The lowest BCUT2D eigenvalue weighted by atomic mass is 9.79. The van der Waals surface area contributed by atoms with Crippen molar-refractivity contribution in [3.8, 4) is 17.3 Å². The molecule has 3 rings (SSSR count). The SMILES string of the molecule is CCOC(=O)c1nc(-c2cccc(Cl)c2Cl)c(C)nc1N1CCC(C#N)(CNC(=O)OC(C)(C)C)CC1. The number of rotatable bonds is 6. The lowest BCUT2D eigenvalue weighted by Gasteiger charge is -2.38. The summed E-state index contributed by atoms with van der Waals surface area (Å²) in [4.78, 5) is 36.3. The first-order chi connectivity index (χ1) is 17.4. The number of hydrogen-bond donors (Lipinski definition) is 1. The number of anilines is 1. The van der Waals surface area contributed by atoms with Crippen LogP contribution in [0.25, 0.3) is 11.3 Å². The fraction of sp³-hybridized carbons (Fsp3) is 0.500. The van der Waals surface area contributed by atoms with E-state index >= 15 is 0 Å². The summed E-state index contributed by atoms with van der Waals surface area (Å²) in [6, 6.07) is 7.55. The average Bonchev–Trinajstić information content (AvgIpc) is 2.84. The number of nitrogens with one attached hydrogen (secondary N) is 1. The molecule has 0 atom stereocenters. The van der Waals surface area contributed by atoms with E-state index in [1.807, 2.05) is 4.90 Å². The Kier molecular flexibility index (Phi) is 8.88. The van der Waals surface area contributed by atoms with Crippen LogP contribution in [0.4, 0.5) is 10.6 Å². The first kappa shape index (κ1) is 28.5. The van der Waals surface area contributed by atoms with Crippen LogP contribution in [0, 0.1) is 23.7 Å². The number of carbonyl (C=O) groups is 2. The number of alkyl carbamates (subject to hydrolysis) is 1. The van der Waals surface area contributed by atoms with Crippen molar-refractivity contribution in [2.24, 2.45) is 5.41 Å². The van der Waals surface area contributed by atoms with E-state index in [2.05, 4.69) is 16.4 Å². The highest BCUT2D eigenvalue weighted by Crippen LogP contribution is 2.37. The second kappa shape index (κ2) is 11.5. The minimum absolute atomic E-state index is 0.0647. The quantitative estimate of drug-likeness (QED) is 0.466. The van der Waals surface area contributed by atoms with Gasteiger partial charge in [0.1, 0.15) is 5.60 Å². The highest BCUT2D eigenvalue weighted by molar-refractivity contribution is 6.43. The van der Waals surface area contributed by atoms with Crippen LogP contribution in [-0.4, -0.2) is 53.9 Å². The summed E-state index contributed by atoms with van der Waals surface area (Å²) in [5.41, 5.74) is 0.227. The van der Waals surface area contributed by atoms with Gasteiger partial charge in [0.05, 0.1) is 39.5 Å². The molecule has 0 radical (unpaired) electrons. The van der Waals surface area contributed by atoms with Crippen LogP contribution in [0.5, 0.6) is 0 Å². The second-order valence-corrected chi connectivity index (χ2v) is 10.7. The molecule has 1 aromatic heterocycles. The molecule has 0 unspecified atom stereocenters. The third-order valence-corrected chi connectivity index (χ3v) is 6.77. The molecule has 11 heteroatoms. The zero-order chi connectivity index (χ0) is 27.4. The van der Waals surface area contributed by atoms with Crippen LogP contribution >= 0.6 is 23.2 Å². The van der Waals surface area contributed by atoms with Crippen molar-refractivity contribution in [3.63, 3.8) is 0 Å². The van der Waals surface area contributed by atoms with E-state index in [1.54, 1.807) is 52.8 Å². The molecule has 2 heterocycles. The number of carbonyl (C=O) groups excluding carboxylic acids is 2. The van der Waals surface area contributed by atoms with Crippen molar-refractivity contribution >= 4 is 41.1 Å². The molecular formula is C26H31Cl2N5O4. The van der Waals surface area contributed by atoms with E-state index in [4.69, 9.17) is 37.7 Å². The largest absolute Gasteiger partial charge is 0.461 e. The fourth-order valence-electron chi connectivity index (χ4n) is 4.04. The maximum atomic E-state index is 12.9. The lowest BCUT2D eigenvalue weighted by Crippen LogP contribution is -2.47. The molecule has 0 spiro atoms. The summed E-state index contributed by atoms with van der Waals surface area (Å²) in [5, 5.41) is 13.3. The minimum atomic E-state index is -0.770. The molecule has 9 nitrogen and oxygen atoms in total. The molecule has 37 heavy (non-hydrogen) atoms. The van der Waals surface area contributed by atoms with E-state index in [-0.39, 0.29) is 18.8 Å². The highest BCUT2D eigenvalue weighted by Gasteiger charge is 2.37. The highest BCUT2D eigenvalue weighted by atomic mass is 35.5. The molecule has 0 bridgehead atoms. The first-order valence-corrected chi connectivity index (χ1v) is 12.8. The van der Waals surface area contributed by atoms with Gasteiger partial charge in [-0.3, -0.25) is 0 Å². The molecular weight excluding hydrogens is 517 g/mol. The number of esters is 1. The predicted molar refractivity (Wildman–Crippen MR) is 142 cm³/mol. The molecule has 1 fully saturated rings. The van der Waals surface area contributed by atoms with Crippen LogP contribution < -0.4 is 10.2 Å². The van der Waals surface area contributed by atoms with Gasteiger partial charge >= 0.3 is 12.1 Å². The maximum absolute atomic E-state index is 12.9. The number of nitrogens with zero attached hydrogens (tertiary/aromatic N) is 4. The Bertz CT molecular complexity index is 1210. The van der Waals surface area contributed by atoms with Crippen LogP contribution in [-0.2, 0) is 9.47 Å². The molecule has 2 aromatic rings. The molecule has 1 saturated heterocycles. The van der Waals surface area contributed by atoms with Crippen molar-refractivity contribution in [1.82, 2.24) is 15.3 Å². The summed E-state index contributed by atoms with van der Waals surface area (Å²) >= 11 is 12.6. The Morgan fingerprint density at radius 1 is 1.22 bits per heavy atom. The molecule has 1 N–H and O–H groups in total. The average molecular weight is 548 g/mol. The smallest absolute Gasteiger partial charge is 0.407 e. The summed E-state index contributed by atoms with van der Waals surface area (Å²) in [7, 11) is 0. The van der Waals surface area contributed by atoms with Gasteiger partial charge in [-0.25, -0.2) is 19.6 Å². The molecule has 0 aliphatic carbocycles. The molecule has 1 amide bonds. The Balaban J connectivity index is 1.87. The molecule has 1 aliphatic rings. The number of aromatic nitrogens is 2. The van der Waals surface area contributed by atoms with Crippen molar-refractivity contribution in [2.75, 3.05) is 31.1 Å². The molecule has 1 aliphatic heterocycles. The molecule has 0 saturated carbocycles. The zero-order valence-electron chi connectivity index (χ0n) is 21.7. The van der Waals surface area contributed by atoms with Gasteiger partial charge in [-0.2, -0.15) is 5.26 Å². The Morgan fingerprint density at radius 3 is 2.49 bits per heavy atom. The van der Waals surface area contributed by atoms with Gasteiger partial charge in [0.25, 0.3) is 0 Å². The Hall–Kier alpha value is -3.09. The minimum Gasteiger partial charge on any atom is -0.461 e. The number of amides is 1. The van der Waals surface area contributed by atoms with Crippen LogP contribution in [0.3, 0.4) is 0 Å². The van der Waals surface area contributed by atoms with Crippen molar-refractivity contribution in [3.05, 3.63) is 39.6 Å². The normalized spacial score (nSPS) is 15.0.